The molecule has 12 aromatic rings. The van der Waals surface area contributed by atoms with E-state index in [-0.39, 0.29) is 0 Å². The summed E-state index contributed by atoms with van der Waals surface area (Å²) in [6.07, 6.45) is 0. The smallest absolute Gasteiger partial charge is 0.0746 e. The summed E-state index contributed by atoms with van der Waals surface area (Å²) in [4.78, 5) is 2.36. The molecule has 0 aliphatic heterocycles. The predicted octanol–water partition coefficient (Wildman–Crippen LogP) is 17.6. The minimum absolute atomic E-state index is 0.478. The fraction of sp³-hybridized carbons (Fsp3) is 0.0149. The molecular formula is C67H44N2. The Kier molecular flexibility index (Phi) is 8.84. The topological polar surface area (TPSA) is 8.17 Å². The van der Waals surface area contributed by atoms with E-state index in [1.165, 1.54) is 99.7 Å². The quantitative estimate of drug-likeness (QED) is 0.155. The number of hydrogen-bond acceptors (Lipinski definition) is 1. The highest BCUT2D eigenvalue weighted by Crippen LogP contribution is 2.64. The molecule has 0 atom stereocenters. The number of anilines is 3. The number of hydrogen-bond donors (Lipinski definition) is 0. The second kappa shape index (κ2) is 15.6. The third kappa shape index (κ3) is 5.92. The van der Waals surface area contributed by atoms with Gasteiger partial charge in [-0.2, -0.15) is 0 Å². The Hall–Kier alpha value is -8.98. The molecule has 2 heteroatoms. The van der Waals surface area contributed by atoms with Crippen LogP contribution in [0.3, 0.4) is 0 Å². The van der Waals surface area contributed by atoms with Crippen LogP contribution in [0, 0.1) is 0 Å². The number of nitrogens with zero attached hydrogens (tertiary/aromatic N) is 2. The lowest BCUT2D eigenvalue weighted by Gasteiger charge is -2.31. The van der Waals surface area contributed by atoms with Crippen molar-refractivity contribution in [1.82, 2.24) is 4.57 Å². The van der Waals surface area contributed by atoms with Gasteiger partial charge in [0.1, 0.15) is 0 Å². The van der Waals surface area contributed by atoms with Crippen LogP contribution in [0.1, 0.15) is 22.3 Å². The van der Waals surface area contributed by atoms with E-state index in [4.69, 9.17) is 0 Å². The maximum absolute atomic E-state index is 2.54. The molecular weight excluding hydrogens is 833 g/mol. The van der Waals surface area contributed by atoms with Gasteiger partial charge >= 0.3 is 0 Å². The van der Waals surface area contributed by atoms with Crippen molar-refractivity contribution in [2.24, 2.45) is 0 Å². The standard InChI is InChI=1S/C67H44N2/c1-4-16-45(17-5-1)47-28-35-52(36-29-47)68(53-37-30-48(31-38-53)46-18-6-2-7-19-46)54-39-32-49(33-40-54)50-34-43-64-60(44-50)59-42-41-58-57-24-12-15-27-63(57)67(65(58)66(59)69(64)51-20-8-3-9-21-51)61-25-13-10-22-55(61)56-23-11-14-26-62(56)67/h1-44H. The van der Waals surface area contributed by atoms with Gasteiger partial charge in [-0.15, -0.1) is 0 Å². The number of para-hydroxylation sites is 1. The highest BCUT2D eigenvalue weighted by Gasteiger charge is 2.53. The van der Waals surface area contributed by atoms with Crippen LogP contribution in [-0.4, -0.2) is 4.57 Å². The fourth-order valence-corrected chi connectivity index (χ4v) is 11.8. The molecule has 0 amide bonds. The van der Waals surface area contributed by atoms with Crippen molar-refractivity contribution >= 4 is 38.9 Å². The van der Waals surface area contributed by atoms with Crippen molar-refractivity contribution in [3.8, 4) is 61.3 Å². The highest BCUT2D eigenvalue weighted by molar-refractivity contribution is 6.15. The Morgan fingerprint density at radius 3 is 1.17 bits per heavy atom. The fourth-order valence-electron chi connectivity index (χ4n) is 11.8. The minimum Gasteiger partial charge on any atom is -0.311 e. The SMILES string of the molecule is c1ccc(-c2ccc(N(c3ccc(-c4ccccc4)cc3)c3ccc(-c4ccc5c(c4)c4ccc6c(c4n5-c4ccccc4)C4(c5ccccc5-c5ccccc54)c4ccccc4-6)cc3)cc2)cc1. The molecule has 11 aromatic carbocycles. The molecule has 0 N–H and O–H groups in total. The molecule has 69 heavy (non-hydrogen) atoms. The van der Waals surface area contributed by atoms with Crippen LogP contribution in [0.5, 0.6) is 0 Å². The van der Waals surface area contributed by atoms with Gasteiger partial charge in [0.25, 0.3) is 0 Å². The normalized spacial score (nSPS) is 12.8. The van der Waals surface area contributed by atoms with Crippen molar-refractivity contribution < 1.29 is 0 Å². The molecule has 0 bridgehead atoms. The maximum Gasteiger partial charge on any atom is 0.0746 e. The van der Waals surface area contributed by atoms with Gasteiger partial charge in [0.2, 0.25) is 0 Å². The Bertz CT molecular complexity index is 3760. The summed E-state index contributed by atoms with van der Waals surface area (Å²) in [7, 11) is 0. The molecule has 1 aromatic heterocycles. The van der Waals surface area contributed by atoms with Gasteiger partial charge in [0.05, 0.1) is 16.4 Å². The van der Waals surface area contributed by atoms with Crippen molar-refractivity contribution in [2.45, 2.75) is 5.41 Å². The summed E-state index contributed by atoms with van der Waals surface area (Å²) in [5, 5.41) is 2.49. The summed E-state index contributed by atoms with van der Waals surface area (Å²) in [6, 6.07) is 98.3. The van der Waals surface area contributed by atoms with Crippen molar-refractivity contribution in [3.05, 3.63) is 289 Å². The first-order chi connectivity index (χ1) is 34.2. The van der Waals surface area contributed by atoms with E-state index >= 15 is 0 Å². The summed E-state index contributed by atoms with van der Waals surface area (Å²) in [5.74, 6) is 0. The van der Waals surface area contributed by atoms with E-state index in [0.717, 1.165) is 22.7 Å². The van der Waals surface area contributed by atoms with E-state index in [1.54, 1.807) is 0 Å². The predicted molar refractivity (Wildman–Crippen MR) is 288 cm³/mol. The number of fused-ring (bicyclic) bond motifs is 14. The van der Waals surface area contributed by atoms with Gasteiger partial charge < -0.3 is 9.47 Å². The van der Waals surface area contributed by atoms with Crippen molar-refractivity contribution in [2.75, 3.05) is 4.90 Å². The molecule has 2 aliphatic rings. The van der Waals surface area contributed by atoms with Crippen LogP contribution < -0.4 is 4.90 Å². The molecule has 0 fully saturated rings. The van der Waals surface area contributed by atoms with Gasteiger partial charge in [-0.25, -0.2) is 0 Å². The van der Waals surface area contributed by atoms with Crippen LogP contribution in [-0.2, 0) is 5.41 Å². The Balaban J connectivity index is 0.928. The third-order valence-corrected chi connectivity index (χ3v) is 14.8. The summed E-state index contributed by atoms with van der Waals surface area (Å²) in [6.45, 7) is 0. The monoisotopic (exact) mass is 876 g/mol. The molecule has 0 radical (unpaired) electrons. The number of aromatic nitrogens is 1. The maximum atomic E-state index is 2.54. The Labute approximate surface area is 402 Å². The van der Waals surface area contributed by atoms with Crippen LogP contribution in [0.25, 0.3) is 83.1 Å². The summed E-state index contributed by atoms with van der Waals surface area (Å²) >= 11 is 0. The van der Waals surface area contributed by atoms with Crippen molar-refractivity contribution in [3.63, 3.8) is 0 Å². The first-order valence-electron chi connectivity index (χ1n) is 23.9. The van der Waals surface area contributed by atoms with Gasteiger partial charge in [-0.3, -0.25) is 0 Å². The lowest BCUT2D eigenvalue weighted by Crippen LogP contribution is -2.26. The highest BCUT2D eigenvalue weighted by atomic mass is 15.1. The molecule has 2 aliphatic carbocycles. The average molecular weight is 877 g/mol. The second-order valence-electron chi connectivity index (χ2n) is 18.4. The molecule has 0 saturated carbocycles. The van der Waals surface area contributed by atoms with E-state index in [1.807, 2.05) is 0 Å². The molecule has 14 rings (SSSR count). The zero-order valence-corrected chi connectivity index (χ0v) is 37.8. The molecule has 1 spiro atoms. The summed E-state index contributed by atoms with van der Waals surface area (Å²) < 4.78 is 2.54. The third-order valence-electron chi connectivity index (χ3n) is 14.8. The van der Waals surface area contributed by atoms with E-state index in [2.05, 4.69) is 276 Å². The van der Waals surface area contributed by atoms with Gasteiger partial charge in [0, 0.05) is 39.1 Å². The van der Waals surface area contributed by atoms with Crippen LogP contribution >= 0.6 is 0 Å². The van der Waals surface area contributed by atoms with E-state index < -0.39 is 5.41 Å². The van der Waals surface area contributed by atoms with Gasteiger partial charge in [-0.1, -0.05) is 206 Å². The number of benzene rings is 11. The van der Waals surface area contributed by atoms with Crippen molar-refractivity contribution in [1.29, 1.82) is 0 Å². The van der Waals surface area contributed by atoms with Gasteiger partial charge in [0.15, 0.2) is 0 Å². The van der Waals surface area contributed by atoms with Crippen LogP contribution in [0.2, 0.25) is 0 Å². The molecule has 322 valence electrons. The lowest BCUT2D eigenvalue weighted by atomic mass is 9.70. The molecule has 1 heterocycles. The molecule has 2 nitrogen and oxygen atoms in total. The van der Waals surface area contributed by atoms with E-state index in [0.29, 0.717) is 0 Å². The van der Waals surface area contributed by atoms with E-state index in [9.17, 15) is 0 Å². The molecule has 0 saturated heterocycles. The first kappa shape index (κ1) is 39.2. The Morgan fingerprint density at radius 1 is 0.290 bits per heavy atom. The number of rotatable bonds is 7. The largest absolute Gasteiger partial charge is 0.311 e. The van der Waals surface area contributed by atoms with Gasteiger partial charge in [-0.05, 0) is 133 Å². The first-order valence-corrected chi connectivity index (χ1v) is 23.9. The molecule has 0 unspecified atom stereocenters. The summed E-state index contributed by atoms with van der Waals surface area (Å²) in [5.41, 5.74) is 24.2. The van der Waals surface area contributed by atoms with Crippen LogP contribution in [0.15, 0.2) is 267 Å². The second-order valence-corrected chi connectivity index (χ2v) is 18.4. The Morgan fingerprint density at radius 2 is 0.681 bits per heavy atom. The van der Waals surface area contributed by atoms with Crippen LogP contribution in [0.4, 0.5) is 17.1 Å². The minimum atomic E-state index is -0.478. The zero-order valence-electron chi connectivity index (χ0n) is 37.8. The zero-order chi connectivity index (χ0) is 45.5. The lowest BCUT2D eigenvalue weighted by molar-refractivity contribution is 0.797. The average Bonchev–Trinajstić information content (AvgIpc) is 4.04.